The van der Waals surface area contributed by atoms with Gasteiger partial charge in [-0.1, -0.05) is 13.0 Å². The number of aryl methyl sites for hydroxylation is 1. The van der Waals surface area contributed by atoms with Crippen molar-refractivity contribution in [3.05, 3.63) is 54.4 Å². The molecule has 3 aromatic rings. The molecule has 0 radical (unpaired) electrons. The second-order valence-corrected chi connectivity index (χ2v) is 4.50. The van der Waals surface area contributed by atoms with Gasteiger partial charge in [0.15, 0.2) is 5.82 Å². The molecule has 3 rings (SSSR count). The average molecular weight is 266 g/mol. The summed E-state index contributed by atoms with van der Waals surface area (Å²) in [6, 6.07) is 5.43. The number of hydrogen-bond acceptors (Lipinski definition) is 4. The van der Waals surface area contributed by atoms with E-state index in [0.29, 0.717) is 22.4 Å². The Bertz CT molecular complexity index is 758. The predicted molar refractivity (Wildman–Crippen MR) is 75.5 cm³/mol. The highest BCUT2D eigenvalue weighted by Gasteiger charge is 2.18. The van der Waals surface area contributed by atoms with Crippen LogP contribution in [0.1, 0.15) is 29.5 Å². The van der Waals surface area contributed by atoms with E-state index in [2.05, 4.69) is 21.9 Å². The van der Waals surface area contributed by atoms with E-state index >= 15 is 0 Å². The van der Waals surface area contributed by atoms with Crippen LogP contribution in [0.15, 0.2) is 43.0 Å². The minimum atomic E-state index is -0.116. The number of para-hydroxylation sites is 1. The third kappa shape index (κ3) is 2.07. The number of aromatic nitrogens is 4. The fourth-order valence-corrected chi connectivity index (χ4v) is 2.24. The van der Waals surface area contributed by atoms with Crippen molar-refractivity contribution in [3.8, 4) is 0 Å². The van der Waals surface area contributed by atoms with Crippen molar-refractivity contribution < 1.29 is 4.79 Å². The van der Waals surface area contributed by atoms with E-state index in [0.717, 1.165) is 13.0 Å². The van der Waals surface area contributed by atoms with Gasteiger partial charge in [-0.3, -0.25) is 14.8 Å². The second kappa shape index (κ2) is 5.21. The van der Waals surface area contributed by atoms with Crippen LogP contribution in [0, 0.1) is 0 Å². The van der Waals surface area contributed by atoms with Crippen LogP contribution >= 0.6 is 0 Å². The van der Waals surface area contributed by atoms with Gasteiger partial charge < -0.3 is 4.57 Å². The molecule has 0 unspecified atom stereocenters. The summed E-state index contributed by atoms with van der Waals surface area (Å²) in [6.45, 7) is 2.84. The SMILES string of the molecule is CCCn1ccnc1C(=O)c1cccc2nccnc12. The number of carbonyl (C=O) groups is 1. The van der Waals surface area contributed by atoms with E-state index in [1.165, 1.54) is 0 Å². The molecule has 5 nitrogen and oxygen atoms in total. The maximum Gasteiger partial charge on any atom is 0.230 e. The molecule has 0 aliphatic rings. The maximum absolute atomic E-state index is 12.7. The minimum Gasteiger partial charge on any atom is -0.328 e. The molecular weight excluding hydrogens is 252 g/mol. The summed E-state index contributed by atoms with van der Waals surface area (Å²) >= 11 is 0. The van der Waals surface area contributed by atoms with Crippen molar-refractivity contribution in [1.82, 2.24) is 19.5 Å². The summed E-state index contributed by atoms with van der Waals surface area (Å²) in [7, 11) is 0. The third-order valence-corrected chi connectivity index (χ3v) is 3.13. The van der Waals surface area contributed by atoms with Gasteiger partial charge in [-0.2, -0.15) is 0 Å². The molecule has 0 spiro atoms. The molecule has 0 bridgehead atoms. The molecule has 0 fully saturated rings. The Labute approximate surface area is 116 Å². The molecular formula is C15H14N4O. The van der Waals surface area contributed by atoms with Gasteiger partial charge in [0, 0.05) is 31.3 Å². The topological polar surface area (TPSA) is 60.7 Å². The van der Waals surface area contributed by atoms with Crippen LogP contribution in [0.25, 0.3) is 11.0 Å². The smallest absolute Gasteiger partial charge is 0.230 e. The van der Waals surface area contributed by atoms with Crippen LogP contribution < -0.4 is 0 Å². The summed E-state index contributed by atoms with van der Waals surface area (Å²) in [4.78, 5) is 25.3. The monoisotopic (exact) mass is 266 g/mol. The molecule has 2 heterocycles. The molecule has 1 aromatic carbocycles. The number of benzene rings is 1. The standard InChI is InChI=1S/C15H14N4O/c1-2-9-19-10-8-18-15(19)14(20)11-4-3-5-12-13(11)17-7-6-16-12/h3-8,10H,2,9H2,1H3. The average Bonchev–Trinajstić information content (AvgIpc) is 2.94. The van der Waals surface area contributed by atoms with Crippen LogP contribution in [-0.4, -0.2) is 25.3 Å². The van der Waals surface area contributed by atoms with Gasteiger partial charge >= 0.3 is 0 Å². The second-order valence-electron chi connectivity index (χ2n) is 4.50. The maximum atomic E-state index is 12.7. The summed E-state index contributed by atoms with van der Waals surface area (Å²) in [5, 5.41) is 0. The van der Waals surface area contributed by atoms with Gasteiger partial charge in [0.1, 0.15) is 0 Å². The fraction of sp³-hybridized carbons (Fsp3) is 0.200. The quantitative estimate of drug-likeness (QED) is 0.681. The summed E-state index contributed by atoms with van der Waals surface area (Å²) in [6.07, 6.45) is 7.64. The van der Waals surface area contributed by atoms with E-state index in [-0.39, 0.29) is 5.78 Å². The van der Waals surface area contributed by atoms with Crippen molar-refractivity contribution >= 4 is 16.8 Å². The highest BCUT2D eigenvalue weighted by molar-refractivity contribution is 6.13. The highest BCUT2D eigenvalue weighted by atomic mass is 16.1. The molecule has 0 saturated carbocycles. The van der Waals surface area contributed by atoms with Gasteiger partial charge in [-0.15, -0.1) is 0 Å². The number of ketones is 1. The largest absolute Gasteiger partial charge is 0.328 e. The Morgan fingerprint density at radius 2 is 2.00 bits per heavy atom. The number of fused-ring (bicyclic) bond motifs is 1. The first-order chi connectivity index (χ1) is 9.81. The van der Waals surface area contributed by atoms with Crippen LogP contribution in [0.3, 0.4) is 0 Å². The van der Waals surface area contributed by atoms with Gasteiger partial charge in [-0.05, 0) is 18.6 Å². The van der Waals surface area contributed by atoms with Crippen LogP contribution in [0.5, 0.6) is 0 Å². The number of hydrogen-bond donors (Lipinski definition) is 0. The first-order valence-corrected chi connectivity index (χ1v) is 6.57. The first kappa shape index (κ1) is 12.5. The van der Waals surface area contributed by atoms with E-state index in [9.17, 15) is 4.79 Å². The lowest BCUT2D eigenvalue weighted by molar-refractivity contribution is 0.102. The Hall–Kier alpha value is -2.56. The molecule has 0 aliphatic carbocycles. The van der Waals surface area contributed by atoms with Crippen LogP contribution in [-0.2, 0) is 6.54 Å². The zero-order valence-corrected chi connectivity index (χ0v) is 11.2. The third-order valence-electron chi connectivity index (χ3n) is 3.13. The van der Waals surface area contributed by atoms with Crippen molar-refractivity contribution in [3.63, 3.8) is 0 Å². The van der Waals surface area contributed by atoms with Crippen LogP contribution in [0.4, 0.5) is 0 Å². The van der Waals surface area contributed by atoms with E-state index < -0.39 is 0 Å². The molecule has 0 amide bonds. The zero-order valence-electron chi connectivity index (χ0n) is 11.2. The van der Waals surface area contributed by atoms with Gasteiger partial charge in [0.25, 0.3) is 0 Å². The molecule has 5 heteroatoms. The summed E-state index contributed by atoms with van der Waals surface area (Å²) in [5.41, 5.74) is 1.87. The van der Waals surface area contributed by atoms with Crippen molar-refractivity contribution in [2.24, 2.45) is 0 Å². The predicted octanol–water partition coefficient (Wildman–Crippen LogP) is 2.47. The normalized spacial score (nSPS) is 10.8. The Morgan fingerprint density at radius 1 is 1.15 bits per heavy atom. The lowest BCUT2D eigenvalue weighted by Crippen LogP contribution is -2.12. The fourth-order valence-electron chi connectivity index (χ4n) is 2.24. The van der Waals surface area contributed by atoms with Gasteiger partial charge in [-0.25, -0.2) is 4.98 Å². The lowest BCUT2D eigenvalue weighted by Gasteiger charge is -2.06. The number of carbonyl (C=O) groups excluding carboxylic acids is 1. The lowest BCUT2D eigenvalue weighted by atomic mass is 10.1. The molecule has 20 heavy (non-hydrogen) atoms. The van der Waals surface area contributed by atoms with Crippen LogP contribution in [0.2, 0.25) is 0 Å². The molecule has 0 atom stereocenters. The molecule has 2 aromatic heterocycles. The zero-order chi connectivity index (χ0) is 13.9. The Kier molecular flexibility index (Phi) is 3.25. The van der Waals surface area contributed by atoms with E-state index in [4.69, 9.17) is 0 Å². The summed E-state index contributed by atoms with van der Waals surface area (Å²) in [5.74, 6) is 0.333. The number of imidazole rings is 1. The van der Waals surface area contributed by atoms with Gasteiger partial charge in [0.05, 0.1) is 16.6 Å². The highest BCUT2D eigenvalue weighted by Crippen LogP contribution is 2.17. The number of nitrogens with zero attached hydrogens (tertiary/aromatic N) is 4. The van der Waals surface area contributed by atoms with E-state index in [1.807, 2.05) is 22.9 Å². The molecule has 0 saturated heterocycles. The minimum absolute atomic E-state index is 0.116. The van der Waals surface area contributed by atoms with Crippen molar-refractivity contribution in [2.45, 2.75) is 19.9 Å². The Balaban J connectivity index is 2.11. The van der Waals surface area contributed by atoms with Gasteiger partial charge in [0.2, 0.25) is 5.78 Å². The number of rotatable bonds is 4. The molecule has 100 valence electrons. The Morgan fingerprint density at radius 3 is 2.85 bits per heavy atom. The summed E-state index contributed by atoms with van der Waals surface area (Å²) < 4.78 is 1.87. The van der Waals surface area contributed by atoms with E-state index in [1.54, 1.807) is 24.7 Å². The van der Waals surface area contributed by atoms with Crippen molar-refractivity contribution in [2.75, 3.05) is 0 Å². The first-order valence-electron chi connectivity index (χ1n) is 6.57. The van der Waals surface area contributed by atoms with Crippen molar-refractivity contribution in [1.29, 1.82) is 0 Å². The molecule has 0 aliphatic heterocycles. The molecule has 0 N–H and O–H groups in total.